The third-order valence-corrected chi connectivity index (χ3v) is 2.95. The van der Waals surface area contributed by atoms with Crippen LogP contribution in [0.3, 0.4) is 0 Å². The Kier molecular flexibility index (Phi) is 5.78. The van der Waals surface area contributed by atoms with E-state index in [0.717, 1.165) is 5.56 Å². The van der Waals surface area contributed by atoms with Crippen molar-refractivity contribution in [3.05, 3.63) is 35.4 Å². The van der Waals surface area contributed by atoms with Gasteiger partial charge in [-0.1, -0.05) is 17.7 Å². The predicted molar refractivity (Wildman–Crippen MR) is 73.2 cm³/mol. The summed E-state index contributed by atoms with van der Waals surface area (Å²) in [6.45, 7) is 3.05. The normalized spacial score (nSPS) is 14.0. The zero-order valence-electron chi connectivity index (χ0n) is 12.1. The van der Waals surface area contributed by atoms with Crippen molar-refractivity contribution in [1.29, 1.82) is 0 Å². The number of benzene rings is 1. The molecule has 8 heteroatoms. The van der Waals surface area contributed by atoms with E-state index < -0.39 is 36.7 Å². The minimum absolute atomic E-state index is 0.212. The summed E-state index contributed by atoms with van der Waals surface area (Å²) in [5, 5.41) is 2.22. The first-order valence-electron chi connectivity index (χ1n) is 6.49. The van der Waals surface area contributed by atoms with E-state index in [1.807, 2.05) is 6.92 Å². The van der Waals surface area contributed by atoms with Gasteiger partial charge in [0, 0.05) is 5.56 Å². The van der Waals surface area contributed by atoms with E-state index in [4.69, 9.17) is 5.73 Å². The molecule has 3 N–H and O–H groups in total. The Morgan fingerprint density at radius 3 is 2.27 bits per heavy atom. The second-order valence-electron chi connectivity index (χ2n) is 4.91. The van der Waals surface area contributed by atoms with Crippen LogP contribution >= 0.6 is 0 Å². The van der Waals surface area contributed by atoms with Crippen molar-refractivity contribution in [2.24, 2.45) is 5.73 Å². The lowest BCUT2D eigenvalue weighted by atomic mass is 10.1. The second kappa shape index (κ2) is 7.15. The number of nitrogens with two attached hydrogens (primary N) is 1. The van der Waals surface area contributed by atoms with E-state index in [-0.39, 0.29) is 5.56 Å². The van der Waals surface area contributed by atoms with Gasteiger partial charge in [-0.2, -0.15) is 13.2 Å². The number of rotatable bonds is 5. The third-order valence-electron chi connectivity index (χ3n) is 2.95. The number of carbonyl (C=O) groups is 2. The van der Waals surface area contributed by atoms with Crippen molar-refractivity contribution >= 4 is 12.0 Å². The minimum Gasteiger partial charge on any atom is -0.445 e. The Morgan fingerprint density at radius 1 is 1.27 bits per heavy atom. The molecule has 2 amide bonds. The maximum absolute atomic E-state index is 12.6. The molecule has 1 aromatic carbocycles. The van der Waals surface area contributed by atoms with Crippen molar-refractivity contribution in [1.82, 2.24) is 5.32 Å². The van der Waals surface area contributed by atoms with Gasteiger partial charge in [0.05, 0.1) is 12.5 Å². The molecule has 0 fully saturated rings. The lowest BCUT2D eigenvalue weighted by Gasteiger charge is -2.25. The lowest BCUT2D eigenvalue weighted by Crippen LogP contribution is -2.47. The van der Waals surface area contributed by atoms with E-state index in [9.17, 15) is 22.8 Å². The molecule has 0 saturated heterocycles. The number of halogens is 3. The van der Waals surface area contributed by atoms with E-state index in [0.29, 0.717) is 0 Å². The Bertz CT molecular complexity index is 529. The molecular formula is C14H17F3N2O3. The highest BCUT2D eigenvalue weighted by atomic mass is 19.4. The van der Waals surface area contributed by atoms with Crippen LogP contribution < -0.4 is 11.1 Å². The fourth-order valence-electron chi connectivity index (χ4n) is 1.81. The van der Waals surface area contributed by atoms with Gasteiger partial charge in [-0.3, -0.25) is 4.79 Å². The Hall–Kier alpha value is -2.25. The molecule has 122 valence electrons. The second-order valence-corrected chi connectivity index (χ2v) is 4.91. The van der Waals surface area contributed by atoms with Crippen LogP contribution in [-0.2, 0) is 4.74 Å². The van der Waals surface area contributed by atoms with Gasteiger partial charge in [0.15, 0.2) is 0 Å². The van der Waals surface area contributed by atoms with Gasteiger partial charge >= 0.3 is 12.3 Å². The first-order valence-corrected chi connectivity index (χ1v) is 6.49. The van der Waals surface area contributed by atoms with Gasteiger partial charge in [-0.05, 0) is 26.0 Å². The van der Waals surface area contributed by atoms with Gasteiger partial charge in [0.25, 0.3) is 5.91 Å². The highest BCUT2D eigenvalue weighted by Gasteiger charge is 2.36. The molecule has 0 radical (unpaired) electrons. The standard InChI is InChI=1S/C14H17F3N2O3/c1-8-3-5-10(6-4-8)12(20)19-11(7-14(15,16)17)9(2)22-13(18)21/h3-6,9,11H,7H2,1-2H3,(H2,18,21)(H,19,20)/t9-,11?/m0/s1. The third kappa shape index (κ3) is 6.02. The summed E-state index contributed by atoms with van der Waals surface area (Å²) in [6.07, 6.45) is -8.28. The summed E-state index contributed by atoms with van der Waals surface area (Å²) in [6, 6.07) is 4.89. The lowest BCUT2D eigenvalue weighted by molar-refractivity contribution is -0.144. The van der Waals surface area contributed by atoms with E-state index in [1.165, 1.54) is 19.1 Å². The van der Waals surface area contributed by atoms with Gasteiger partial charge in [-0.15, -0.1) is 0 Å². The zero-order chi connectivity index (χ0) is 16.9. The molecule has 0 aromatic heterocycles. The van der Waals surface area contributed by atoms with Crippen molar-refractivity contribution < 1.29 is 27.5 Å². The first-order chi connectivity index (χ1) is 10.1. The summed E-state index contributed by atoms with van der Waals surface area (Å²) in [4.78, 5) is 22.7. The molecule has 22 heavy (non-hydrogen) atoms. The van der Waals surface area contributed by atoms with Crippen LogP contribution in [0.1, 0.15) is 29.3 Å². The minimum atomic E-state index is -4.53. The van der Waals surface area contributed by atoms with Crippen molar-refractivity contribution in [3.63, 3.8) is 0 Å². The highest BCUT2D eigenvalue weighted by molar-refractivity contribution is 5.94. The number of nitrogens with one attached hydrogen (secondary N) is 1. The van der Waals surface area contributed by atoms with Crippen LogP contribution in [-0.4, -0.2) is 30.3 Å². The molecule has 0 bridgehead atoms. The van der Waals surface area contributed by atoms with E-state index >= 15 is 0 Å². The smallest absolute Gasteiger partial charge is 0.404 e. The Labute approximate surface area is 125 Å². The molecular weight excluding hydrogens is 301 g/mol. The van der Waals surface area contributed by atoms with Gasteiger partial charge < -0.3 is 15.8 Å². The first kappa shape index (κ1) is 17.8. The largest absolute Gasteiger partial charge is 0.445 e. The van der Waals surface area contributed by atoms with Gasteiger partial charge in [0.2, 0.25) is 0 Å². The molecule has 0 heterocycles. The number of hydrogen-bond donors (Lipinski definition) is 2. The number of hydrogen-bond acceptors (Lipinski definition) is 3. The summed E-state index contributed by atoms with van der Waals surface area (Å²) in [5.74, 6) is -0.686. The zero-order valence-corrected chi connectivity index (χ0v) is 12.1. The number of ether oxygens (including phenoxy) is 1. The summed E-state index contributed by atoms with van der Waals surface area (Å²) in [5.41, 5.74) is 5.92. The maximum atomic E-state index is 12.6. The fraction of sp³-hybridized carbons (Fsp3) is 0.429. The summed E-state index contributed by atoms with van der Waals surface area (Å²) >= 11 is 0. The van der Waals surface area contributed by atoms with E-state index in [1.54, 1.807) is 12.1 Å². The molecule has 1 unspecified atom stereocenters. The number of primary amides is 1. The van der Waals surface area contributed by atoms with Crippen molar-refractivity contribution in [2.75, 3.05) is 0 Å². The maximum Gasteiger partial charge on any atom is 0.404 e. The average molecular weight is 318 g/mol. The Morgan fingerprint density at radius 2 is 1.82 bits per heavy atom. The molecule has 0 aliphatic heterocycles. The van der Waals surface area contributed by atoms with Crippen LogP contribution in [0.5, 0.6) is 0 Å². The topological polar surface area (TPSA) is 81.4 Å². The van der Waals surface area contributed by atoms with Crippen LogP contribution in [0.4, 0.5) is 18.0 Å². The monoisotopic (exact) mass is 318 g/mol. The Balaban J connectivity index is 2.84. The van der Waals surface area contributed by atoms with Crippen LogP contribution in [0.25, 0.3) is 0 Å². The van der Waals surface area contributed by atoms with Crippen molar-refractivity contribution in [2.45, 2.75) is 38.6 Å². The SMILES string of the molecule is Cc1ccc(C(=O)NC(CC(F)(F)F)[C@H](C)OC(N)=O)cc1. The summed E-state index contributed by atoms with van der Waals surface area (Å²) in [7, 11) is 0. The fourth-order valence-corrected chi connectivity index (χ4v) is 1.81. The van der Waals surface area contributed by atoms with Gasteiger partial charge in [0.1, 0.15) is 6.10 Å². The molecule has 1 aromatic rings. The number of aryl methyl sites for hydroxylation is 1. The molecule has 1 rings (SSSR count). The molecule has 0 spiro atoms. The van der Waals surface area contributed by atoms with Crippen LogP contribution in [0.2, 0.25) is 0 Å². The van der Waals surface area contributed by atoms with Crippen LogP contribution in [0.15, 0.2) is 24.3 Å². The van der Waals surface area contributed by atoms with E-state index in [2.05, 4.69) is 10.1 Å². The van der Waals surface area contributed by atoms with Crippen molar-refractivity contribution in [3.8, 4) is 0 Å². The molecule has 5 nitrogen and oxygen atoms in total. The highest BCUT2D eigenvalue weighted by Crippen LogP contribution is 2.24. The molecule has 2 atom stereocenters. The average Bonchev–Trinajstić information content (AvgIpc) is 2.36. The number of amides is 2. The van der Waals surface area contributed by atoms with Crippen LogP contribution in [0, 0.1) is 6.92 Å². The van der Waals surface area contributed by atoms with Gasteiger partial charge in [-0.25, -0.2) is 4.79 Å². The molecule has 0 aliphatic carbocycles. The summed E-state index contributed by atoms with van der Waals surface area (Å²) < 4.78 is 42.3. The molecule has 0 saturated carbocycles. The number of alkyl halides is 3. The quantitative estimate of drug-likeness (QED) is 0.875. The molecule has 0 aliphatic rings. The number of carbonyl (C=O) groups excluding carboxylic acids is 2. The predicted octanol–water partition coefficient (Wildman–Crippen LogP) is 2.53.